The van der Waals surface area contributed by atoms with Crippen molar-refractivity contribution in [3.8, 4) is 79.6 Å². The predicted octanol–water partition coefficient (Wildman–Crippen LogP) is 35.3. The van der Waals surface area contributed by atoms with Crippen molar-refractivity contribution in [2.24, 2.45) is 0 Å². The molecule has 0 heterocycles. The summed E-state index contributed by atoms with van der Waals surface area (Å²) in [6.45, 7) is 59.7. The summed E-state index contributed by atoms with van der Waals surface area (Å²) in [7, 11) is -4.24. The van der Waals surface area contributed by atoms with E-state index in [1.165, 1.54) is 171 Å². The Morgan fingerprint density at radius 2 is 0.426 bits per heavy atom. The molecule has 638 valence electrons. The van der Waals surface area contributed by atoms with Gasteiger partial charge in [-0.2, -0.15) is 0 Å². The quantitative estimate of drug-likeness (QED) is 0.0134. The van der Waals surface area contributed by atoms with Gasteiger partial charge in [0.1, 0.15) is 43.8 Å². The second kappa shape index (κ2) is 41.1. The minimum Gasteiger partial charge on any atom is -0.494 e. The third-order valence-corrected chi connectivity index (χ3v) is 56.4. The molecule has 12 aromatic rings. The number of unbranched alkanes of at least 4 members (excludes halogenated alkanes) is 8. The zero-order valence-electron chi connectivity index (χ0n) is 78.8. The molecular weight excluding hydrogens is 1580 g/mol. The van der Waals surface area contributed by atoms with Crippen molar-refractivity contribution < 1.29 is 9.47 Å². The fourth-order valence-corrected chi connectivity index (χ4v) is 45.3. The van der Waals surface area contributed by atoms with Gasteiger partial charge in [0.05, 0.1) is 13.2 Å². The molecule has 0 N–H and O–H groups in total. The number of hydrogen-bond donors (Lipinski definition) is 0. The van der Waals surface area contributed by atoms with Crippen molar-refractivity contribution >= 4 is 140 Å². The Bertz CT molecular complexity index is 5500. The number of hydrogen-bond acceptors (Lipinski definition) is 4. The normalized spacial score (nSPS) is 12.6. The topological polar surface area (TPSA) is 18.5 Å². The Morgan fingerprint density at radius 1 is 0.221 bits per heavy atom. The van der Waals surface area contributed by atoms with Gasteiger partial charge >= 0.3 is 0 Å². The second-order valence-electron chi connectivity index (χ2n) is 39.4. The van der Waals surface area contributed by atoms with Crippen molar-refractivity contribution in [2.45, 2.75) is 297 Å². The van der Waals surface area contributed by atoms with Crippen LogP contribution in [0.3, 0.4) is 0 Å². The summed E-state index contributed by atoms with van der Waals surface area (Å²) in [5.74, 6) is 20.6. The monoisotopic (exact) mass is 1720 g/mol. The molecular formula is C114H142O2S2Si4. The van der Waals surface area contributed by atoms with Crippen molar-refractivity contribution in [1.29, 1.82) is 0 Å². The van der Waals surface area contributed by atoms with Gasteiger partial charge in [-0.15, -0.1) is 22.2 Å². The first-order valence-corrected chi connectivity index (χ1v) is 58.4. The third-order valence-electron chi connectivity index (χ3n) is 28.7. The molecule has 0 saturated carbocycles. The minimum absolute atomic E-state index is 0.524. The lowest BCUT2D eigenvalue weighted by Crippen LogP contribution is -2.43. The molecule has 12 aromatic carbocycles. The maximum absolute atomic E-state index is 6.36. The Hall–Kier alpha value is -7.87. The Balaban J connectivity index is 0.609. The Morgan fingerprint density at radius 3 is 0.664 bits per heavy atom. The van der Waals surface area contributed by atoms with Crippen molar-refractivity contribution in [1.82, 2.24) is 0 Å². The molecule has 0 aliphatic rings. The average molecular weight is 1720 g/mol. The predicted molar refractivity (Wildman–Crippen MR) is 558 cm³/mol. The van der Waals surface area contributed by atoms with Crippen LogP contribution in [0, 0.1) is 45.9 Å². The van der Waals surface area contributed by atoms with Crippen molar-refractivity contribution in [2.75, 3.05) is 24.7 Å². The highest BCUT2D eigenvalue weighted by atomic mass is 33.1. The molecule has 0 aromatic heterocycles. The summed E-state index contributed by atoms with van der Waals surface area (Å²) in [5.41, 5.74) is 32.5. The van der Waals surface area contributed by atoms with E-state index in [1.807, 2.05) is 0 Å². The van der Waals surface area contributed by atoms with Crippen LogP contribution in [0.5, 0.6) is 11.5 Å². The molecule has 0 aliphatic heterocycles. The molecule has 0 aliphatic carbocycles. The zero-order chi connectivity index (χ0) is 87.5. The Kier molecular flexibility index (Phi) is 31.4. The molecule has 0 radical (unpaired) electrons. The van der Waals surface area contributed by atoms with Crippen molar-refractivity contribution in [3.63, 3.8) is 0 Å². The molecule has 2 nitrogen and oxygen atoms in total. The minimum atomic E-state index is -2.10. The molecule has 0 saturated heterocycles. The summed E-state index contributed by atoms with van der Waals surface area (Å²) in [5, 5.41) is 19.6. The molecule has 0 spiro atoms. The SMILES string of the molecule is CC(C)[Si](C#Cc1c2cc3ccccc3cc2c(C#C[Si](C(C)C)(C(C)C)C(C)C)c2cc3cc(-c4ccc(OCCCCCCCSSCCCCCCCOc5ccc(-c6ccc7cc8c(C#C[Si](C(C)C)(C(C)C)C(C)C)c9cc%10ccccc%10cc9c(C#C[Si](C(C)C)(C(C)C)C(C)C)c8cc7c6)cc5)cc4)ccc3cc12)(C(C)C)C(C)C. The molecule has 0 bridgehead atoms. The first-order valence-electron chi connectivity index (χ1n) is 46.9. The summed E-state index contributed by atoms with van der Waals surface area (Å²) >= 11 is 0. The van der Waals surface area contributed by atoms with E-state index in [4.69, 9.17) is 9.47 Å². The van der Waals surface area contributed by atoms with Gasteiger partial charge in [0.2, 0.25) is 0 Å². The van der Waals surface area contributed by atoms with E-state index in [0.29, 0.717) is 66.5 Å². The van der Waals surface area contributed by atoms with E-state index in [1.54, 1.807) is 0 Å². The zero-order valence-corrected chi connectivity index (χ0v) is 84.4. The van der Waals surface area contributed by atoms with E-state index < -0.39 is 32.3 Å². The van der Waals surface area contributed by atoms with Gasteiger partial charge in [-0.05, 0) is 286 Å². The van der Waals surface area contributed by atoms with Crippen LogP contribution in [0.1, 0.15) is 253 Å². The summed E-state index contributed by atoms with van der Waals surface area (Å²) in [6, 6.07) is 68.8. The largest absolute Gasteiger partial charge is 0.494 e. The van der Waals surface area contributed by atoms with Crippen molar-refractivity contribution in [3.05, 3.63) is 204 Å². The second-order valence-corrected chi connectivity index (χ2v) is 64.4. The first-order chi connectivity index (χ1) is 58.4. The van der Waals surface area contributed by atoms with E-state index in [-0.39, 0.29) is 0 Å². The van der Waals surface area contributed by atoms with Crippen LogP contribution in [-0.4, -0.2) is 57.0 Å². The highest BCUT2D eigenvalue weighted by molar-refractivity contribution is 8.76. The third kappa shape index (κ3) is 19.7. The maximum atomic E-state index is 6.36. The first kappa shape index (κ1) is 93.3. The van der Waals surface area contributed by atoms with Gasteiger partial charge in [0.25, 0.3) is 0 Å². The van der Waals surface area contributed by atoms with Crippen LogP contribution in [0.25, 0.3) is 108 Å². The molecule has 122 heavy (non-hydrogen) atoms. The van der Waals surface area contributed by atoms with E-state index in [9.17, 15) is 0 Å². The van der Waals surface area contributed by atoms with Gasteiger partial charge in [-0.25, -0.2) is 0 Å². The van der Waals surface area contributed by atoms with Gasteiger partial charge < -0.3 is 9.47 Å². The lowest BCUT2D eigenvalue weighted by Gasteiger charge is -2.38. The lowest BCUT2D eigenvalue weighted by atomic mass is 9.88. The van der Waals surface area contributed by atoms with Crippen LogP contribution in [0.2, 0.25) is 66.5 Å². The van der Waals surface area contributed by atoms with Gasteiger partial charge in [0, 0.05) is 33.8 Å². The number of rotatable bonds is 33. The summed E-state index contributed by atoms with van der Waals surface area (Å²) < 4.78 is 12.7. The smallest absolute Gasteiger partial charge is 0.146 e. The van der Waals surface area contributed by atoms with Crippen LogP contribution in [0.15, 0.2) is 182 Å². The van der Waals surface area contributed by atoms with Crippen LogP contribution < -0.4 is 9.47 Å². The molecule has 8 heteroatoms. The van der Waals surface area contributed by atoms with Crippen LogP contribution in [-0.2, 0) is 0 Å². The standard InChI is InChI=1S/C114H142O2S2Si4/c1-77(2)119(78(3)4,79(5)6)63-55-103-107-69-91-39-31-33-41-93(91)71-109(107)105(57-65-121(83(13)14,84(15)16)85(17)18)113-75-99-67-95(43-45-97(99)73-111(103)113)89-47-51-101(52-48-89)115-59-35-27-25-29-37-61-117-118-62-38-30-26-28-36-60-116-102-53-49-90(50-54-102)96-44-46-98-74-112-104(56-64-120(80(7)8,81(9)10)82(11)12)108-70-92-40-32-34-42-94(92)72-110(108)106(114(112)76-100(98)68-96)58-66-122(86(19)20,87(21)22)88(23)24/h31-34,39-54,67-88H,25-30,35-38,59-62H2,1-24H3. The Labute approximate surface area is 749 Å². The fourth-order valence-electron chi connectivity index (χ4n) is 22.2. The average Bonchev–Trinajstić information content (AvgIpc) is 0.729. The van der Waals surface area contributed by atoms with Crippen LogP contribution in [0.4, 0.5) is 0 Å². The molecule has 0 atom stereocenters. The van der Waals surface area contributed by atoms with Gasteiger partial charge in [-0.1, -0.05) is 347 Å². The van der Waals surface area contributed by atoms with Gasteiger partial charge in [-0.3, -0.25) is 0 Å². The number of fused-ring (bicyclic) bond motifs is 8. The molecule has 12 rings (SSSR count). The molecule has 0 amide bonds. The van der Waals surface area contributed by atoms with E-state index in [2.05, 4.69) is 416 Å². The fraction of sp³-hybridized carbons (Fsp3) is 0.439. The van der Waals surface area contributed by atoms with E-state index >= 15 is 0 Å². The van der Waals surface area contributed by atoms with Crippen LogP contribution >= 0.6 is 21.6 Å². The number of benzene rings is 12. The molecule has 0 unspecified atom stereocenters. The summed E-state index contributed by atoms with van der Waals surface area (Å²) in [4.78, 5) is 0. The van der Waals surface area contributed by atoms with Gasteiger partial charge in [0.15, 0.2) is 0 Å². The molecule has 0 fully saturated rings. The maximum Gasteiger partial charge on any atom is 0.146 e. The highest BCUT2D eigenvalue weighted by Crippen LogP contribution is 2.48. The summed E-state index contributed by atoms with van der Waals surface area (Å²) in [6.07, 6.45) is 12.2. The number of ether oxygens (including phenoxy) is 2. The lowest BCUT2D eigenvalue weighted by molar-refractivity contribution is 0.304. The highest BCUT2D eigenvalue weighted by Gasteiger charge is 2.45. The van der Waals surface area contributed by atoms with E-state index in [0.717, 1.165) is 59.8 Å².